The summed E-state index contributed by atoms with van der Waals surface area (Å²) in [7, 11) is 1.63. The van der Waals surface area contributed by atoms with E-state index in [1.54, 1.807) is 25.5 Å². The molecular formula is C19H22N2O4. The van der Waals surface area contributed by atoms with Gasteiger partial charge in [0.05, 0.1) is 19.9 Å². The second-order valence-electron chi connectivity index (χ2n) is 6.20. The minimum atomic E-state index is -0.910. The first-order valence-corrected chi connectivity index (χ1v) is 8.36. The fourth-order valence-corrected chi connectivity index (χ4v) is 2.71. The molecule has 0 saturated heterocycles. The zero-order valence-electron chi connectivity index (χ0n) is 14.2. The molecule has 0 spiro atoms. The van der Waals surface area contributed by atoms with Crippen molar-refractivity contribution in [2.75, 3.05) is 13.7 Å². The molecule has 2 amide bonds. The Kier molecular flexibility index (Phi) is 5.07. The van der Waals surface area contributed by atoms with E-state index < -0.39 is 5.41 Å². The van der Waals surface area contributed by atoms with E-state index in [4.69, 9.17) is 9.15 Å². The van der Waals surface area contributed by atoms with Gasteiger partial charge in [-0.2, -0.15) is 0 Å². The van der Waals surface area contributed by atoms with Crippen LogP contribution < -0.4 is 15.4 Å². The summed E-state index contributed by atoms with van der Waals surface area (Å²) >= 11 is 0. The molecule has 1 aromatic carbocycles. The number of benzene rings is 1. The Morgan fingerprint density at radius 2 is 1.84 bits per heavy atom. The molecule has 1 aliphatic rings. The highest BCUT2D eigenvalue weighted by molar-refractivity contribution is 6.07. The van der Waals surface area contributed by atoms with Crippen molar-refractivity contribution in [3.63, 3.8) is 0 Å². The SMILES string of the molecule is COc1ccc(CCNC(=O)C2(C(=O)NCc3ccco3)CC2)cc1. The topological polar surface area (TPSA) is 80.6 Å². The standard InChI is InChI=1S/C19H22N2O4/c1-24-15-6-4-14(5-7-15)8-11-20-17(22)19(9-10-19)18(23)21-13-16-3-2-12-25-16/h2-7,12H,8-11,13H2,1H3,(H,20,22)(H,21,23). The fourth-order valence-electron chi connectivity index (χ4n) is 2.71. The summed E-state index contributed by atoms with van der Waals surface area (Å²) in [5.74, 6) is 1.05. The van der Waals surface area contributed by atoms with E-state index in [9.17, 15) is 9.59 Å². The minimum absolute atomic E-state index is 0.196. The quantitative estimate of drug-likeness (QED) is 0.720. The summed E-state index contributed by atoms with van der Waals surface area (Å²) in [4.78, 5) is 24.7. The van der Waals surface area contributed by atoms with Crippen molar-refractivity contribution in [2.24, 2.45) is 5.41 Å². The number of amides is 2. The Balaban J connectivity index is 1.45. The summed E-state index contributed by atoms with van der Waals surface area (Å²) in [6.45, 7) is 0.797. The van der Waals surface area contributed by atoms with Crippen molar-refractivity contribution in [1.29, 1.82) is 0 Å². The lowest BCUT2D eigenvalue weighted by atomic mass is 10.0. The van der Waals surface area contributed by atoms with Gasteiger partial charge in [0, 0.05) is 6.54 Å². The maximum absolute atomic E-state index is 12.4. The Morgan fingerprint density at radius 3 is 2.44 bits per heavy atom. The van der Waals surface area contributed by atoms with E-state index >= 15 is 0 Å². The number of carbonyl (C=O) groups excluding carboxylic acids is 2. The van der Waals surface area contributed by atoms with E-state index in [0.717, 1.165) is 11.3 Å². The molecule has 6 heteroatoms. The van der Waals surface area contributed by atoms with Crippen molar-refractivity contribution in [2.45, 2.75) is 25.8 Å². The van der Waals surface area contributed by atoms with Crippen LogP contribution in [0.2, 0.25) is 0 Å². The van der Waals surface area contributed by atoms with Gasteiger partial charge in [0.15, 0.2) is 0 Å². The van der Waals surface area contributed by atoms with Crippen LogP contribution >= 0.6 is 0 Å². The van der Waals surface area contributed by atoms with Crippen LogP contribution in [-0.4, -0.2) is 25.5 Å². The average Bonchev–Trinajstić information content (AvgIpc) is 3.29. The van der Waals surface area contributed by atoms with Crippen molar-refractivity contribution in [1.82, 2.24) is 10.6 Å². The van der Waals surface area contributed by atoms with Crippen LogP contribution in [0.3, 0.4) is 0 Å². The van der Waals surface area contributed by atoms with Crippen molar-refractivity contribution in [3.8, 4) is 5.75 Å². The van der Waals surface area contributed by atoms with E-state index in [1.807, 2.05) is 24.3 Å². The van der Waals surface area contributed by atoms with Gasteiger partial charge < -0.3 is 19.8 Å². The number of hydrogen-bond donors (Lipinski definition) is 2. The Bertz CT molecular complexity index is 718. The third-order valence-electron chi connectivity index (χ3n) is 4.48. The lowest BCUT2D eigenvalue weighted by Crippen LogP contribution is -2.43. The van der Waals surface area contributed by atoms with Gasteiger partial charge in [-0.15, -0.1) is 0 Å². The minimum Gasteiger partial charge on any atom is -0.497 e. The summed E-state index contributed by atoms with van der Waals surface area (Å²) in [6.07, 6.45) is 3.44. The molecule has 25 heavy (non-hydrogen) atoms. The third kappa shape index (κ3) is 4.02. The molecular weight excluding hydrogens is 320 g/mol. The Hall–Kier alpha value is -2.76. The monoisotopic (exact) mass is 342 g/mol. The van der Waals surface area contributed by atoms with Gasteiger partial charge in [0.25, 0.3) is 0 Å². The van der Waals surface area contributed by atoms with Crippen LogP contribution in [0.15, 0.2) is 47.1 Å². The van der Waals surface area contributed by atoms with Gasteiger partial charge >= 0.3 is 0 Å². The molecule has 0 aliphatic heterocycles. The highest BCUT2D eigenvalue weighted by Crippen LogP contribution is 2.46. The van der Waals surface area contributed by atoms with Gasteiger partial charge in [-0.05, 0) is 49.1 Å². The molecule has 3 rings (SSSR count). The molecule has 1 heterocycles. The molecule has 1 fully saturated rings. The van der Waals surface area contributed by atoms with E-state index in [0.29, 0.717) is 38.1 Å². The van der Waals surface area contributed by atoms with Gasteiger partial charge in [-0.1, -0.05) is 12.1 Å². The molecule has 132 valence electrons. The molecule has 2 aromatic rings. The number of ether oxygens (including phenoxy) is 1. The molecule has 0 unspecified atom stereocenters. The molecule has 1 aliphatic carbocycles. The van der Waals surface area contributed by atoms with Crippen molar-refractivity contribution in [3.05, 3.63) is 54.0 Å². The van der Waals surface area contributed by atoms with Crippen LogP contribution in [0.5, 0.6) is 5.75 Å². The fraction of sp³-hybridized carbons (Fsp3) is 0.368. The van der Waals surface area contributed by atoms with Gasteiger partial charge in [0.2, 0.25) is 11.8 Å². The van der Waals surface area contributed by atoms with Gasteiger partial charge in [-0.25, -0.2) is 0 Å². The van der Waals surface area contributed by atoms with E-state index in [1.165, 1.54) is 0 Å². The highest BCUT2D eigenvalue weighted by Gasteiger charge is 2.56. The number of methoxy groups -OCH3 is 1. The summed E-state index contributed by atoms with van der Waals surface area (Å²) in [6, 6.07) is 11.3. The Morgan fingerprint density at radius 1 is 1.12 bits per heavy atom. The smallest absolute Gasteiger partial charge is 0.236 e. The number of rotatable bonds is 8. The van der Waals surface area contributed by atoms with E-state index in [2.05, 4.69) is 10.6 Å². The summed E-state index contributed by atoms with van der Waals surface area (Å²) in [5.41, 5.74) is 0.195. The average molecular weight is 342 g/mol. The number of carbonyl (C=O) groups is 2. The van der Waals surface area contributed by atoms with Crippen molar-refractivity contribution < 1.29 is 18.7 Å². The summed E-state index contributed by atoms with van der Waals surface area (Å²) in [5, 5.41) is 5.66. The number of nitrogens with one attached hydrogen (secondary N) is 2. The molecule has 1 aromatic heterocycles. The van der Waals surface area contributed by atoms with Crippen LogP contribution in [-0.2, 0) is 22.6 Å². The molecule has 0 bridgehead atoms. The molecule has 0 atom stereocenters. The second-order valence-corrected chi connectivity index (χ2v) is 6.20. The third-order valence-corrected chi connectivity index (χ3v) is 4.48. The lowest BCUT2D eigenvalue weighted by Gasteiger charge is -2.15. The largest absolute Gasteiger partial charge is 0.497 e. The first-order valence-electron chi connectivity index (χ1n) is 8.36. The predicted octanol–water partition coefficient (Wildman–Crippen LogP) is 2.04. The van der Waals surface area contributed by atoms with Gasteiger partial charge in [-0.3, -0.25) is 9.59 Å². The summed E-state index contributed by atoms with van der Waals surface area (Å²) < 4.78 is 10.3. The molecule has 6 nitrogen and oxygen atoms in total. The maximum atomic E-state index is 12.4. The second kappa shape index (κ2) is 7.42. The zero-order valence-corrected chi connectivity index (χ0v) is 14.2. The normalized spacial score (nSPS) is 14.6. The molecule has 1 saturated carbocycles. The first kappa shape index (κ1) is 17.1. The number of furan rings is 1. The maximum Gasteiger partial charge on any atom is 0.236 e. The van der Waals surface area contributed by atoms with Crippen LogP contribution in [0.25, 0.3) is 0 Å². The lowest BCUT2D eigenvalue weighted by molar-refractivity contribution is -0.137. The molecule has 0 radical (unpaired) electrons. The van der Waals surface area contributed by atoms with Crippen molar-refractivity contribution >= 4 is 11.8 Å². The van der Waals surface area contributed by atoms with Gasteiger partial charge in [0.1, 0.15) is 16.9 Å². The Labute approximate surface area is 146 Å². The first-order chi connectivity index (χ1) is 12.1. The molecule has 2 N–H and O–H groups in total. The number of hydrogen-bond acceptors (Lipinski definition) is 4. The van der Waals surface area contributed by atoms with E-state index in [-0.39, 0.29) is 11.8 Å². The highest BCUT2D eigenvalue weighted by atomic mass is 16.5. The van der Waals surface area contributed by atoms with Crippen LogP contribution in [0.1, 0.15) is 24.2 Å². The predicted molar refractivity (Wildman–Crippen MR) is 91.9 cm³/mol. The van der Waals surface area contributed by atoms with Crippen LogP contribution in [0, 0.1) is 5.41 Å². The zero-order chi connectivity index (χ0) is 17.7. The van der Waals surface area contributed by atoms with Crippen LogP contribution in [0.4, 0.5) is 0 Å².